The van der Waals surface area contributed by atoms with Crippen LogP contribution in [0.4, 0.5) is 0 Å². The quantitative estimate of drug-likeness (QED) is 0.610. The standard InChI is InChI=1S/C8H17NO3/c1-4-12-8(10)5-7(9)6(2)11-3/h6-7H,4-5,9H2,1-3H3. The van der Waals surface area contributed by atoms with Crippen molar-refractivity contribution in [3.05, 3.63) is 0 Å². The minimum Gasteiger partial charge on any atom is -0.466 e. The molecule has 4 nitrogen and oxygen atoms in total. The molecule has 72 valence electrons. The highest BCUT2D eigenvalue weighted by atomic mass is 16.5. The third kappa shape index (κ3) is 4.31. The smallest absolute Gasteiger partial charge is 0.307 e. The first-order chi connectivity index (χ1) is 5.61. The molecule has 0 rings (SSSR count). The minimum atomic E-state index is -0.283. The van der Waals surface area contributed by atoms with Gasteiger partial charge in [-0.25, -0.2) is 0 Å². The molecule has 0 aliphatic heterocycles. The summed E-state index contributed by atoms with van der Waals surface area (Å²) in [7, 11) is 1.57. The van der Waals surface area contributed by atoms with Gasteiger partial charge >= 0.3 is 5.97 Å². The van der Waals surface area contributed by atoms with Crippen LogP contribution in [-0.2, 0) is 14.3 Å². The summed E-state index contributed by atoms with van der Waals surface area (Å²) in [5.41, 5.74) is 5.63. The summed E-state index contributed by atoms with van der Waals surface area (Å²) < 4.78 is 9.69. The largest absolute Gasteiger partial charge is 0.466 e. The second-order valence-electron chi connectivity index (χ2n) is 2.61. The molecule has 0 bridgehead atoms. The van der Waals surface area contributed by atoms with Crippen molar-refractivity contribution in [2.45, 2.75) is 32.4 Å². The lowest BCUT2D eigenvalue weighted by Crippen LogP contribution is -2.36. The van der Waals surface area contributed by atoms with Gasteiger partial charge in [-0.05, 0) is 13.8 Å². The number of methoxy groups -OCH3 is 1. The van der Waals surface area contributed by atoms with E-state index in [1.807, 2.05) is 6.92 Å². The highest BCUT2D eigenvalue weighted by Gasteiger charge is 2.16. The number of rotatable bonds is 5. The number of ether oxygens (including phenoxy) is 2. The molecule has 12 heavy (non-hydrogen) atoms. The van der Waals surface area contributed by atoms with Gasteiger partial charge < -0.3 is 15.2 Å². The Morgan fingerprint density at radius 3 is 2.58 bits per heavy atom. The Morgan fingerprint density at radius 1 is 1.58 bits per heavy atom. The zero-order chi connectivity index (χ0) is 9.56. The van der Waals surface area contributed by atoms with Crippen molar-refractivity contribution in [1.29, 1.82) is 0 Å². The van der Waals surface area contributed by atoms with Crippen LogP contribution in [0.25, 0.3) is 0 Å². The lowest BCUT2D eigenvalue weighted by Gasteiger charge is -2.16. The highest BCUT2D eigenvalue weighted by Crippen LogP contribution is 2.00. The fraction of sp³-hybridized carbons (Fsp3) is 0.875. The van der Waals surface area contributed by atoms with E-state index in [0.717, 1.165) is 0 Å². The normalized spacial score (nSPS) is 15.3. The predicted octanol–water partition coefficient (Wildman–Crippen LogP) is 0.302. The Labute approximate surface area is 73.0 Å². The van der Waals surface area contributed by atoms with Crippen LogP contribution in [0, 0.1) is 0 Å². The van der Waals surface area contributed by atoms with E-state index in [2.05, 4.69) is 0 Å². The first kappa shape index (κ1) is 11.4. The van der Waals surface area contributed by atoms with Crippen molar-refractivity contribution >= 4 is 5.97 Å². The van der Waals surface area contributed by atoms with Crippen LogP contribution in [-0.4, -0.2) is 31.8 Å². The van der Waals surface area contributed by atoms with Gasteiger partial charge in [-0.15, -0.1) is 0 Å². The molecule has 0 aromatic carbocycles. The van der Waals surface area contributed by atoms with Gasteiger partial charge in [-0.3, -0.25) is 4.79 Å². The SMILES string of the molecule is CCOC(=O)CC(N)C(C)OC. The van der Waals surface area contributed by atoms with E-state index in [1.165, 1.54) is 0 Å². The van der Waals surface area contributed by atoms with Gasteiger partial charge in [0.1, 0.15) is 0 Å². The fourth-order valence-corrected chi connectivity index (χ4v) is 0.753. The highest BCUT2D eigenvalue weighted by molar-refractivity contribution is 5.70. The fourth-order valence-electron chi connectivity index (χ4n) is 0.753. The average Bonchev–Trinajstić information content (AvgIpc) is 2.03. The molecule has 0 heterocycles. The number of hydrogen-bond acceptors (Lipinski definition) is 4. The van der Waals surface area contributed by atoms with Gasteiger partial charge in [-0.2, -0.15) is 0 Å². The lowest BCUT2D eigenvalue weighted by molar-refractivity contribution is -0.144. The molecule has 0 saturated carbocycles. The second-order valence-corrected chi connectivity index (χ2v) is 2.61. The molecule has 0 spiro atoms. The van der Waals surface area contributed by atoms with E-state index < -0.39 is 0 Å². The van der Waals surface area contributed by atoms with Crippen LogP contribution < -0.4 is 5.73 Å². The van der Waals surface area contributed by atoms with Gasteiger partial charge in [0.15, 0.2) is 0 Å². The molecule has 0 aromatic heterocycles. The van der Waals surface area contributed by atoms with Crippen LogP contribution in [0.1, 0.15) is 20.3 Å². The van der Waals surface area contributed by atoms with Crippen molar-refractivity contribution in [2.24, 2.45) is 5.73 Å². The molecule has 2 atom stereocenters. The van der Waals surface area contributed by atoms with Crippen molar-refractivity contribution in [3.8, 4) is 0 Å². The topological polar surface area (TPSA) is 61.5 Å². The van der Waals surface area contributed by atoms with E-state index in [1.54, 1.807) is 14.0 Å². The van der Waals surface area contributed by atoms with Crippen molar-refractivity contribution in [2.75, 3.05) is 13.7 Å². The summed E-state index contributed by atoms with van der Waals surface area (Å²) in [6.07, 6.45) is 0.0949. The summed E-state index contributed by atoms with van der Waals surface area (Å²) in [6, 6.07) is -0.283. The Balaban J connectivity index is 3.67. The molecule has 0 fully saturated rings. The molecular formula is C8H17NO3. The maximum atomic E-state index is 10.9. The third-order valence-electron chi connectivity index (χ3n) is 1.68. The molecule has 0 aromatic rings. The van der Waals surface area contributed by atoms with Gasteiger partial charge in [0.05, 0.1) is 19.1 Å². The third-order valence-corrected chi connectivity index (χ3v) is 1.68. The molecule has 0 amide bonds. The maximum absolute atomic E-state index is 10.9. The lowest BCUT2D eigenvalue weighted by atomic mass is 10.1. The first-order valence-corrected chi connectivity index (χ1v) is 4.05. The Hall–Kier alpha value is -0.610. The van der Waals surface area contributed by atoms with E-state index in [0.29, 0.717) is 6.61 Å². The molecule has 2 unspecified atom stereocenters. The molecule has 0 aliphatic rings. The molecule has 0 aliphatic carbocycles. The van der Waals surface area contributed by atoms with Gasteiger partial charge in [0.2, 0.25) is 0 Å². The van der Waals surface area contributed by atoms with Gasteiger partial charge in [0.25, 0.3) is 0 Å². The number of esters is 1. The number of carbonyl (C=O) groups is 1. The van der Waals surface area contributed by atoms with Crippen LogP contribution in [0.3, 0.4) is 0 Å². The summed E-state index contributed by atoms with van der Waals surface area (Å²) >= 11 is 0. The van der Waals surface area contributed by atoms with E-state index in [9.17, 15) is 4.79 Å². The van der Waals surface area contributed by atoms with Crippen LogP contribution in [0.5, 0.6) is 0 Å². The van der Waals surface area contributed by atoms with Crippen molar-refractivity contribution < 1.29 is 14.3 Å². The zero-order valence-corrected chi connectivity index (χ0v) is 7.87. The monoisotopic (exact) mass is 175 g/mol. The molecule has 0 radical (unpaired) electrons. The van der Waals surface area contributed by atoms with E-state index >= 15 is 0 Å². The Morgan fingerprint density at radius 2 is 2.17 bits per heavy atom. The molecule has 2 N–H and O–H groups in total. The van der Waals surface area contributed by atoms with Gasteiger partial charge in [0, 0.05) is 13.2 Å². The van der Waals surface area contributed by atoms with Crippen LogP contribution >= 0.6 is 0 Å². The van der Waals surface area contributed by atoms with Crippen LogP contribution in [0.15, 0.2) is 0 Å². The maximum Gasteiger partial charge on any atom is 0.307 e. The summed E-state index contributed by atoms with van der Waals surface area (Å²) in [5.74, 6) is -0.270. The molecule has 0 saturated heterocycles. The number of nitrogens with two attached hydrogens (primary N) is 1. The summed E-state index contributed by atoms with van der Waals surface area (Å²) in [4.78, 5) is 10.9. The summed E-state index contributed by atoms with van der Waals surface area (Å²) in [6.45, 7) is 3.99. The van der Waals surface area contributed by atoms with Crippen molar-refractivity contribution in [3.63, 3.8) is 0 Å². The molecular weight excluding hydrogens is 158 g/mol. The second kappa shape index (κ2) is 5.97. The van der Waals surface area contributed by atoms with Gasteiger partial charge in [-0.1, -0.05) is 0 Å². The Bertz CT molecular complexity index is 138. The van der Waals surface area contributed by atoms with E-state index in [4.69, 9.17) is 15.2 Å². The van der Waals surface area contributed by atoms with Crippen molar-refractivity contribution in [1.82, 2.24) is 0 Å². The summed E-state index contributed by atoms with van der Waals surface area (Å²) in [5, 5.41) is 0. The average molecular weight is 175 g/mol. The van der Waals surface area contributed by atoms with E-state index in [-0.39, 0.29) is 24.5 Å². The first-order valence-electron chi connectivity index (χ1n) is 4.05. The predicted molar refractivity (Wildman–Crippen MR) is 45.7 cm³/mol. The van der Waals surface area contributed by atoms with Crippen LogP contribution in [0.2, 0.25) is 0 Å². The minimum absolute atomic E-state index is 0.116. The Kier molecular flexibility index (Phi) is 5.66. The number of carbonyl (C=O) groups excluding carboxylic acids is 1. The number of hydrogen-bond donors (Lipinski definition) is 1. The molecule has 4 heteroatoms. The zero-order valence-electron chi connectivity index (χ0n) is 7.87.